The first-order valence-corrected chi connectivity index (χ1v) is 13.1. The van der Waals surface area contributed by atoms with E-state index in [0.29, 0.717) is 43.5 Å². The fourth-order valence-corrected chi connectivity index (χ4v) is 4.91. The van der Waals surface area contributed by atoms with E-state index in [9.17, 15) is 4.79 Å². The van der Waals surface area contributed by atoms with Gasteiger partial charge in [0.05, 0.1) is 13.2 Å². The van der Waals surface area contributed by atoms with Crippen molar-refractivity contribution in [2.45, 2.75) is 12.3 Å². The number of benzene rings is 3. The molecule has 0 atom stereocenters. The topological polar surface area (TPSA) is 63.3 Å². The van der Waals surface area contributed by atoms with Crippen LogP contribution in [0.25, 0.3) is 0 Å². The van der Waals surface area contributed by atoms with Crippen molar-refractivity contribution in [2.75, 3.05) is 64.5 Å². The number of nitrogens with zero attached hydrogens (tertiary/aromatic N) is 2. The number of rotatable bonds is 9. The molecular formula is C30H35N3O4. The summed E-state index contributed by atoms with van der Waals surface area (Å²) in [5.41, 5.74) is 3.22. The Morgan fingerprint density at radius 3 is 2.14 bits per heavy atom. The fourth-order valence-electron chi connectivity index (χ4n) is 4.91. The second-order valence-corrected chi connectivity index (χ2v) is 9.39. The molecule has 1 N–H and O–H groups in total. The number of anilines is 1. The summed E-state index contributed by atoms with van der Waals surface area (Å²) < 4.78 is 16.8. The van der Waals surface area contributed by atoms with E-state index in [1.807, 2.05) is 35.2 Å². The first kappa shape index (κ1) is 25.1. The maximum atomic E-state index is 13.5. The first-order valence-electron chi connectivity index (χ1n) is 13.1. The molecule has 2 aliphatic heterocycles. The molecule has 37 heavy (non-hydrogen) atoms. The summed E-state index contributed by atoms with van der Waals surface area (Å²) in [6.45, 7) is 6.43. The van der Waals surface area contributed by atoms with Crippen LogP contribution in [0.3, 0.4) is 0 Å². The number of hydrogen-bond acceptors (Lipinski definition) is 5. The Labute approximate surface area is 218 Å². The van der Waals surface area contributed by atoms with Crippen molar-refractivity contribution in [2.24, 2.45) is 0 Å². The van der Waals surface area contributed by atoms with Crippen molar-refractivity contribution in [1.82, 2.24) is 9.80 Å². The van der Waals surface area contributed by atoms with Gasteiger partial charge in [-0.15, -0.1) is 0 Å². The summed E-state index contributed by atoms with van der Waals surface area (Å²) in [5, 5.41) is 3.09. The van der Waals surface area contributed by atoms with Crippen molar-refractivity contribution in [1.29, 1.82) is 0 Å². The zero-order chi connectivity index (χ0) is 25.3. The van der Waals surface area contributed by atoms with E-state index in [1.165, 1.54) is 11.1 Å². The molecule has 2 heterocycles. The van der Waals surface area contributed by atoms with Gasteiger partial charge in [-0.05, 0) is 29.7 Å². The van der Waals surface area contributed by atoms with Crippen LogP contribution in [-0.4, -0.2) is 75.0 Å². The minimum Gasteiger partial charge on any atom is -0.486 e. The maximum Gasteiger partial charge on any atom is 0.321 e. The quantitative estimate of drug-likeness (QED) is 0.454. The van der Waals surface area contributed by atoms with E-state index in [4.69, 9.17) is 14.2 Å². The van der Waals surface area contributed by atoms with Crippen LogP contribution in [0.2, 0.25) is 0 Å². The van der Waals surface area contributed by atoms with Gasteiger partial charge >= 0.3 is 6.03 Å². The number of fused-ring (bicyclic) bond motifs is 1. The first-order chi connectivity index (χ1) is 18.3. The van der Waals surface area contributed by atoms with Crippen molar-refractivity contribution < 1.29 is 19.0 Å². The molecule has 7 nitrogen and oxygen atoms in total. The molecule has 7 heteroatoms. The van der Waals surface area contributed by atoms with Gasteiger partial charge < -0.3 is 24.4 Å². The van der Waals surface area contributed by atoms with E-state index >= 15 is 0 Å². The van der Waals surface area contributed by atoms with Crippen LogP contribution in [0, 0.1) is 0 Å². The molecule has 0 unspecified atom stereocenters. The van der Waals surface area contributed by atoms with Crippen molar-refractivity contribution in [3.8, 4) is 11.5 Å². The Bertz CT molecular complexity index is 1100. The highest BCUT2D eigenvalue weighted by molar-refractivity contribution is 5.89. The highest BCUT2D eigenvalue weighted by Gasteiger charge is 2.21. The SMILES string of the molecule is O=C(Nc1ccc2c(c1)OCCO2)N(CCC(c1ccccc1)c1ccccc1)CCN1CCOCC1. The Balaban J connectivity index is 1.31. The molecule has 0 radical (unpaired) electrons. The highest BCUT2D eigenvalue weighted by Crippen LogP contribution is 2.33. The van der Waals surface area contributed by atoms with Gasteiger partial charge in [0.1, 0.15) is 13.2 Å². The van der Waals surface area contributed by atoms with Gasteiger partial charge in [-0.2, -0.15) is 0 Å². The van der Waals surface area contributed by atoms with Crippen molar-refractivity contribution in [3.63, 3.8) is 0 Å². The minimum absolute atomic E-state index is 0.107. The molecule has 0 spiro atoms. The third kappa shape index (κ3) is 6.81. The van der Waals surface area contributed by atoms with Gasteiger partial charge in [0, 0.05) is 50.4 Å². The summed E-state index contributed by atoms with van der Waals surface area (Å²) in [4.78, 5) is 17.8. The van der Waals surface area contributed by atoms with E-state index in [0.717, 1.165) is 39.3 Å². The van der Waals surface area contributed by atoms with E-state index in [2.05, 4.69) is 58.7 Å². The summed E-state index contributed by atoms with van der Waals surface area (Å²) in [7, 11) is 0. The lowest BCUT2D eigenvalue weighted by Crippen LogP contribution is -2.44. The van der Waals surface area contributed by atoms with E-state index < -0.39 is 0 Å². The van der Waals surface area contributed by atoms with Crippen LogP contribution in [-0.2, 0) is 4.74 Å². The summed E-state index contributed by atoms with van der Waals surface area (Å²) >= 11 is 0. The van der Waals surface area contributed by atoms with E-state index in [1.54, 1.807) is 0 Å². The van der Waals surface area contributed by atoms with Crippen LogP contribution >= 0.6 is 0 Å². The number of urea groups is 1. The Morgan fingerprint density at radius 2 is 1.46 bits per heavy atom. The number of nitrogens with one attached hydrogen (secondary N) is 1. The smallest absolute Gasteiger partial charge is 0.321 e. The average Bonchev–Trinajstić information content (AvgIpc) is 2.96. The summed E-state index contributed by atoms with van der Waals surface area (Å²) in [5.74, 6) is 1.58. The normalized spacial score (nSPS) is 15.4. The van der Waals surface area contributed by atoms with Gasteiger partial charge in [-0.1, -0.05) is 60.7 Å². The molecule has 1 saturated heterocycles. The van der Waals surface area contributed by atoms with Crippen LogP contribution in [0.1, 0.15) is 23.5 Å². The monoisotopic (exact) mass is 501 g/mol. The molecule has 5 rings (SSSR count). The molecule has 0 bridgehead atoms. The third-order valence-corrected chi connectivity index (χ3v) is 6.96. The predicted molar refractivity (Wildman–Crippen MR) is 145 cm³/mol. The number of hydrogen-bond donors (Lipinski definition) is 1. The number of carbonyl (C=O) groups is 1. The Kier molecular flexibility index (Phi) is 8.56. The summed E-state index contributed by atoms with van der Waals surface area (Å²) in [6, 6.07) is 26.5. The molecule has 1 fully saturated rings. The van der Waals surface area contributed by atoms with Crippen molar-refractivity contribution in [3.05, 3.63) is 90.0 Å². The van der Waals surface area contributed by atoms with Crippen LogP contribution in [0.15, 0.2) is 78.9 Å². The molecule has 3 aromatic carbocycles. The highest BCUT2D eigenvalue weighted by atomic mass is 16.6. The maximum absolute atomic E-state index is 13.5. The molecule has 2 aliphatic rings. The molecule has 194 valence electrons. The van der Waals surface area contributed by atoms with Gasteiger partial charge in [0.2, 0.25) is 0 Å². The van der Waals surface area contributed by atoms with Gasteiger partial charge in [0.25, 0.3) is 0 Å². The number of morpholine rings is 1. The predicted octanol–water partition coefficient (Wildman–Crippen LogP) is 4.85. The summed E-state index contributed by atoms with van der Waals surface area (Å²) in [6.07, 6.45) is 0.825. The molecule has 3 aromatic rings. The Morgan fingerprint density at radius 1 is 0.811 bits per heavy atom. The lowest BCUT2D eigenvalue weighted by atomic mass is 9.88. The lowest BCUT2D eigenvalue weighted by molar-refractivity contribution is 0.0351. The molecule has 2 amide bonds. The second-order valence-electron chi connectivity index (χ2n) is 9.39. The lowest BCUT2D eigenvalue weighted by Gasteiger charge is -2.31. The fraction of sp³-hybridized carbons (Fsp3) is 0.367. The molecule has 0 saturated carbocycles. The Hall–Kier alpha value is -3.55. The van der Waals surface area contributed by atoms with Crippen molar-refractivity contribution >= 4 is 11.7 Å². The van der Waals surface area contributed by atoms with Gasteiger partial charge in [0.15, 0.2) is 11.5 Å². The minimum atomic E-state index is -0.107. The van der Waals surface area contributed by atoms with Crippen LogP contribution in [0.5, 0.6) is 11.5 Å². The van der Waals surface area contributed by atoms with Crippen LogP contribution < -0.4 is 14.8 Å². The van der Waals surface area contributed by atoms with Gasteiger partial charge in [-0.3, -0.25) is 4.90 Å². The average molecular weight is 502 g/mol. The zero-order valence-electron chi connectivity index (χ0n) is 21.2. The molecule has 0 aliphatic carbocycles. The van der Waals surface area contributed by atoms with Gasteiger partial charge in [-0.25, -0.2) is 4.79 Å². The number of ether oxygens (including phenoxy) is 3. The second kappa shape index (κ2) is 12.6. The number of amides is 2. The molecule has 0 aromatic heterocycles. The third-order valence-electron chi connectivity index (χ3n) is 6.96. The largest absolute Gasteiger partial charge is 0.486 e. The zero-order valence-corrected chi connectivity index (χ0v) is 21.2. The standard InChI is InChI=1S/C30H35N3O4/c34-30(31-26-11-12-28-29(23-26)37-22-21-36-28)33(16-15-32-17-19-35-20-18-32)14-13-27(24-7-3-1-4-8-24)25-9-5-2-6-10-25/h1-12,23,27H,13-22H2,(H,31,34). The van der Waals surface area contributed by atoms with Crippen LogP contribution in [0.4, 0.5) is 10.5 Å². The number of carbonyl (C=O) groups excluding carboxylic acids is 1. The molecular weight excluding hydrogens is 466 g/mol. The van der Waals surface area contributed by atoms with E-state index in [-0.39, 0.29) is 11.9 Å².